The van der Waals surface area contributed by atoms with Gasteiger partial charge >= 0.3 is 0 Å². The summed E-state index contributed by atoms with van der Waals surface area (Å²) in [5, 5.41) is 24.0. The maximum absolute atomic E-state index is 11.0. The lowest BCUT2D eigenvalue weighted by Crippen LogP contribution is -2.11. The molecule has 4 unspecified atom stereocenters. The van der Waals surface area contributed by atoms with Crippen molar-refractivity contribution in [2.45, 2.75) is 54.3 Å². The molecule has 3 aromatic carbocycles. The van der Waals surface area contributed by atoms with Crippen molar-refractivity contribution in [3.63, 3.8) is 0 Å². The highest BCUT2D eigenvalue weighted by Gasteiger charge is 2.39. The number of hydrogen-bond acceptors (Lipinski definition) is 6. The zero-order valence-corrected chi connectivity index (χ0v) is 24.4. The number of aliphatic hydroxyl groups is 2. The molecule has 0 amide bonds. The van der Waals surface area contributed by atoms with Crippen LogP contribution in [0.5, 0.6) is 0 Å². The Labute approximate surface area is 239 Å². The van der Waals surface area contributed by atoms with Gasteiger partial charge in [0.2, 0.25) is 0 Å². The number of aliphatic hydroxyl groups excluding tert-OH is 2. The fraction of sp³-hybridized carbons (Fsp3) is 0.250. The molecule has 4 atom stereocenters. The standard InChI is InChI=1S/C32H28O2S4/c1-17-3-7-19(8-4-17)11-23(33)27-15-29-31(37-27)21-13-26-22(14-25(21)35-29)32-30(36-26)16-28(38-32)24(34)12-20-9-5-18(2)6-10-20/h3-10,13-16,23-24,29,31,33-34H,11-12H2,1-2H3. The Kier molecular flexibility index (Phi) is 6.46. The summed E-state index contributed by atoms with van der Waals surface area (Å²) in [6.07, 6.45) is 2.67. The van der Waals surface area contributed by atoms with Crippen molar-refractivity contribution in [2.75, 3.05) is 0 Å². The molecule has 7 rings (SSSR count). The maximum atomic E-state index is 11.0. The van der Waals surface area contributed by atoms with E-state index < -0.39 is 12.2 Å². The fourth-order valence-corrected chi connectivity index (χ4v) is 11.0. The van der Waals surface area contributed by atoms with Crippen molar-refractivity contribution in [3.05, 3.63) is 110 Å². The van der Waals surface area contributed by atoms with Gasteiger partial charge in [-0.2, -0.15) is 0 Å². The minimum Gasteiger partial charge on any atom is -0.388 e. The van der Waals surface area contributed by atoms with Gasteiger partial charge in [-0.3, -0.25) is 0 Å². The molecule has 2 N–H and O–H groups in total. The Balaban J connectivity index is 1.11. The quantitative estimate of drug-likeness (QED) is 0.213. The van der Waals surface area contributed by atoms with Gasteiger partial charge in [0.25, 0.3) is 0 Å². The summed E-state index contributed by atoms with van der Waals surface area (Å²) in [7, 11) is 0. The highest BCUT2D eigenvalue weighted by atomic mass is 32.2. The van der Waals surface area contributed by atoms with Crippen LogP contribution in [-0.4, -0.2) is 21.6 Å². The lowest BCUT2D eigenvalue weighted by molar-refractivity contribution is 0.182. The van der Waals surface area contributed by atoms with E-state index >= 15 is 0 Å². The summed E-state index contributed by atoms with van der Waals surface area (Å²) in [5.74, 6) is 0. The molecule has 38 heavy (non-hydrogen) atoms. The predicted molar refractivity (Wildman–Crippen MR) is 166 cm³/mol. The van der Waals surface area contributed by atoms with Gasteiger partial charge in [-0.05, 0) is 48.7 Å². The summed E-state index contributed by atoms with van der Waals surface area (Å²) in [5.41, 5.74) is 6.23. The zero-order chi connectivity index (χ0) is 26.0. The van der Waals surface area contributed by atoms with Crippen LogP contribution in [0, 0.1) is 13.8 Å². The van der Waals surface area contributed by atoms with Gasteiger partial charge in [0.05, 0.1) is 22.2 Å². The third-order valence-electron chi connectivity index (χ3n) is 7.51. The van der Waals surface area contributed by atoms with Crippen molar-refractivity contribution in [1.82, 2.24) is 0 Å². The van der Waals surface area contributed by atoms with Gasteiger partial charge in [0.15, 0.2) is 0 Å². The number of rotatable bonds is 6. The van der Waals surface area contributed by atoms with E-state index in [0.717, 1.165) is 9.78 Å². The van der Waals surface area contributed by atoms with E-state index in [2.05, 4.69) is 86.7 Å². The van der Waals surface area contributed by atoms with E-state index in [-0.39, 0.29) is 0 Å². The topological polar surface area (TPSA) is 40.5 Å². The lowest BCUT2D eigenvalue weighted by Gasteiger charge is -2.14. The lowest BCUT2D eigenvalue weighted by atomic mass is 10.0. The molecule has 192 valence electrons. The molecule has 2 aromatic heterocycles. The zero-order valence-electron chi connectivity index (χ0n) is 21.2. The van der Waals surface area contributed by atoms with Crippen molar-refractivity contribution in [2.24, 2.45) is 0 Å². The summed E-state index contributed by atoms with van der Waals surface area (Å²) in [6.45, 7) is 4.18. The van der Waals surface area contributed by atoms with Gasteiger partial charge in [0, 0.05) is 47.6 Å². The normalized spacial score (nSPS) is 20.1. The van der Waals surface area contributed by atoms with Crippen LogP contribution in [0.3, 0.4) is 0 Å². The number of hydrogen-bond donors (Lipinski definition) is 2. The highest BCUT2D eigenvalue weighted by Crippen LogP contribution is 2.60. The van der Waals surface area contributed by atoms with E-state index in [9.17, 15) is 10.2 Å². The van der Waals surface area contributed by atoms with Crippen LogP contribution in [-0.2, 0) is 12.8 Å². The van der Waals surface area contributed by atoms with Crippen LogP contribution in [0.2, 0.25) is 0 Å². The van der Waals surface area contributed by atoms with Crippen molar-refractivity contribution in [3.8, 4) is 0 Å². The molecule has 0 saturated heterocycles. The number of thiophene rings is 2. The number of thioether (sulfide) groups is 2. The second kappa shape index (κ2) is 9.84. The smallest absolute Gasteiger partial charge is 0.0922 e. The molecule has 0 aliphatic carbocycles. The first-order valence-corrected chi connectivity index (χ1v) is 16.3. The number of aryl methyl sites for hydroxylation is 2. The minimum atomic E-state index is -0.480. The molecule has 0 radical (unpaired) electrons. The Hall–Kier alpha value is -2.06. The molecule has 2 aliphatic heterocycles. The summed E-state index contributed by atoms with van der Waals surface area (Å²) < 4.78 is 3.88. The summed E-state index contributed by atoms with van der Waals surface area (Å²) in [4.78, 5) is 3.51. The van der Waals surface area contributed by atoms with Gasteiger partial charge < -0.3 is 10.2 Å². The van der Waals surface area contributed by atoms with Gasteiger partial charge in [-0.1, -0.05) is 65.7 Å². The van der Waals surface area contributed by atoms with Crippen LogP contribution in [0.4, 0.5) is 0 Å². The Morgan fingerprint density at radius 1 is 0.737 bits per heavy atom. The Bertz CT molecular complexity index is 1680. The van der Waals surface area contributed by atoms with E-state index in [1.54, 1.807) is 11.3 Å². The monoisotopic (exact) mass is 572 g/mol. The van der Waals surface area contributed by atoms with Crippen molar-refractivity contribution in [1.29, 1.82) is 0 Å². The maximum Gasteiger partial charge on any atom is 0.0922 e. The second-order valence-corrected chi connectivity index (χ2v) is 15.0. The van der Waals surface area contributed by atoms with Gasteiger partial charge in [-0.25, -0.2) is 0 Å². The highest BCUT2D eigenvalue weighted by molar-refractivity contribution is 8.07. The first-order chi connectivity index (χ1) is 18.4. The van der Waals surface area contributed by atoms with E-state index in [1.165, 1.54) is 52.2 Å². The first-order valence-electron chi connectivity index (χ1n) is 12.9. The molecule has 0 spiro atoms. The van der Waals surface area contributed by atoms with Crippen LogP contribution < -0.4 is 0 Å². The SMILES string of the molecule is Cc1ccc(CC(O)C2=CC3Sc4cc5c(cc4C3S2)sc2cc(C(O)Cc3ccc(C)cc3)sc25)cc1. The Morgan fingerprint density at radius 2 is 1.39 bits per heavy atom. The van der Waals surface area contributed by atoms with E-state index in [4.69, 9.17) is 0 Å². The molecule has 5 aromatic rings. The molecular weight excluding hydrogens is 545 g/mol. The minimum absolute atomic E-state index is 0.370. The fourth-order valence-electron chi connectivity index (χ4n) is 5.37. The molecule has 2 aliphatic rings. The van der Waals surface area contributed by atoms with Crippen LogP contribution >= 0.6 is 46.2 Å². The summed E-state index contributed by atoms with van der Waals surface area (Å²) >= 11 is 7.35. The van der Waals surface area contributed by atoms with Gasteiger partial charge in [0.1, 0.15) is 0 Å². The summed E-state index contributed by atoms with van der Waals surface area (Å²) in [6, 6.07) is 23.9. The molecular formula is C32H28O2S4. The Morgan fingerprint density at radius 3 is 2.08 bits per heavy atom. The van der Waals surface area contributed by atoms with Crippen molar-refractivity contribution >= 4 is 65.7 Å². The van der Waals surface area contributed by atoms with Gasteiger partial charge in [-0.15, -0.1) is 46.2 Å². The molecule has 4 heterocycles. The third kappa shape index (κ3) is 4.55. The molecule has 0 fully saturated rings. The van der Waals surface area contributed by atoms with Crippen molar-refractivity contribution < 1.29 is 10.2 Å². The molecule has 2 nitrogen and oxygen atoms in total. The predicted octanol–water partition coefficient (Wildman–Crippen LogP) is 8.76. The largest absolute Gasteiger partial charge is 0.388 e. The molecule has 0 saturated carbocycles. The third-order valence-corrected chi connectivity index (χ3v) is 12.9. The number of benzene rings is 3. The average molecular weight is 573 g/mol. The molecule has 0 bridgehead atoms. The van der Waals surface area contributed by atoms with Crippen LogP contribution in [0.1, 0.15) is 44.0 Å². The second-order valence-electron chi connectivity index (χ2n) is 10.4. The molecule has 6 heteroatoms. The first kappa shape index (κ1) is 24.9. The van der Waals surface area contributed by atoms with Crippen LogP contribution in [0.15, 0.2) is 82.6 Å². The van der Waals surface area contributed by atoms with Crippen LogP contribution in [0.25, 0.3) is 19.5 Å². The van der Waals surface area contributed by atoms with E-state index in [0.29, 0.717) is 23.3 Å². The van der Waals surface area contributed by atoms with E-state index in [1.807, 2.05) is 34.9 Å². The number of fused-ring (bicyclic) bond motifs is 6. The average Bonchev–Trinajstić information content (AvgIpc) is 3.65.